The number of rotatable bonds is 4. The normalized spacial score (nSPS) is 16.1. The molecule has 2 amide bonds. The number of nitrogens with zero attached hydrogens (tertiary/aromatic N) is 2. The van der Waals surface area contributed by atoms with E-state index < -0.39 is 27.9 Å². The second-order valence-electron chi connectivity index (χ2n) is 6.21. The summed E-state index contributed by atoms with van der Waals surface area (Å²) >= 11 is 0. The minimum absolute atomic E-state index is 0.0695. The van der Waals surface area contributed by atoms with Gasteiger partial charge in [-0.05, 0) is 43.3 Å². The van der Waals surface area contributed by atoms with Gasteiger partial charge in [0.1, 0.15) is 10.9 Å². The van der Waals surface area contributed by atoms with Gasteiger partial charge in [-0.15, -0.1) is 0 Å². The summed E-state index contributed by atoms with van der Waals surface area (Å²) in [5.41, 5.74) is 1.57. The van der Waals surface area contributed by atoms with E-state index in [0.29, 0.717) is 9.99 Å². The highest BCUT2D eigenvalue weighted by Gasteiger charge is 2.45. The van der Waals surface area contributed by atoms with Crippen molar-refractivity contribution in [2.24, 2.45) is 0 Å². The molecule has 0 saturated heterocycles. The Labute approximate surface area is 152 Å². The van der Waals surface area contributed by atoms with Gasteiger partial charge < -0.3 is 10.2 Å². The predicted octanol–water partition coefficient (Wildman–Crippen LogP) is 1.92. The number of hydrogen-bond donors (Lipinski definition) is 1. The van der Waals surface area contributed by atoms with E-state index >= 15 is 0 Å². The van der Waals surface area contributed by atoms with E-state index in [2.05, 4.69) is 5.32 Å². The summed E-state index contributed by atoms with van der Waals surface area (Å²) in [6.45, 7) is 1.39. The van der Waals surface area contributed by atoms with Crippen LogP contribution in [0.25, 0.3) is 0 Å². The Kier molecular flexibility index (Phi) is 4.45. The molecule has 1 heterocycles. The number of sulfonamides is 1. The maximum Gasteiger partial charge on any atom is 0.269 e. The lowest BCUT2D eigenvalue weighted by atomic mass is 10.2. The predicted molar refractivity (Wildman–Crippen MR) is 98.7 cm³/mol. The number of carbonyl (C=O) groups is 2. The molecule has 0 aliphatic carbocycles. The van der Waals surface area contributed by atoms with Crippen molar-refractivity contribution < 1.29 is 18.0 Å². The van der Waals surface area contributed by atoms with Gasteiger partial charge in [0.15, 0.2) is 0 Å². The van der Waals surface area contributed by atoms with E-state index in [4.69, 9.17) is 0 Å². The molecule has 2 aromatic carbocycles. The van der Waals surface area contributed by atoms with E-state index in [1.807, 2.05) is 31.1 Å². The molecule has 1 aliphatic rings. The topological polar surface area (TPSA) is 86.8 Å². The molecule has 0 bridgehead atoms. The lowest BCUT2D eigenvalue weighted by molar-refractivity contribution is -0.118. The molecular weight excluding hydrogens is 354 g/mol. The average Bonchev–Trinajstić information content (AvgIpc) is 2.81. The quantitative estimate of drug-likeness (QED) is 0.885. The summed E-state index contributed by atoms with van der Waals surface area (Å²) in [5, 5.41) is 2.65. The van der Waals surface area contributed by atoms with Crippen LogP contribution in [0.5, 0.6) is 0 Å². The van der Waals surface area contributed by atoms with Crippen molar-refractivity contribution in [3.8, 4) is 0 Å². The highest BCUT2D eigenvalue weighted by atomic mass is 32.2. The smallest absolute Gasteiger partial charge is 0.269 e. The maximum absolute atomic E-state index is 12.6. The van der Waals surface area contributed by atoms with Crippen molar-refractivity contribution in [2.45, 2.75) is 17.9 Å². The summed E-state index contributed by atoms with van der Waals surface area (Å²) in [6.07, 6.45) is 0. The van der Waals surface area contributed by atoms with E-state index in [0.717, 1.165) is 5.69 Å². The first-order valence-corrected chi connectivity index (χ1v) is 9.43. The first-order chi connectivity index (χ1) is 12.2. The summed E-state index contributed by atoms with van der Waals surface area (Å²) in [4.78, 5) is 26.9. The number of benzene rings is 2. The molecule has 136 valence electrons. The summed E-state index contributed by atoms with van der Waals surface area (Å²) < 4.78 is 25.9. The molecule has 0 radical (unpaired) electrons. The van der Waals surface area contributed by atoms with Crippen LogP contribution >= 0.6 is 0 Å². The van der Waals surface area contributed by atoms with Crippen LogP contribution in [-0.4, -0.2) is 44.7 Å². The Hall–Kier alpha value is -2.87. The molecule has 0 unspecified atom stereocenters. The lowest BCUT2D eigenvalue weighted by Crippen LogP contribution is -2.45. The van der Waals surface area contributed by atoms with Crippen LogP contribution in [0, 0.1) is 0 Å². The van der Waals surface area contributed by atoms with Crippen LogP contribution in [0.3, 0.4) is 0 Å². The number of hydrogen-bond acceptors (Lipinski definition) is 5. The van der Waals surface area contributed by atoms with Gasteiger partial charge in [-0.2, -0.15) is 0 Å². The lowest BCUT2D eigenvalue weighted by Gasteiger charge is -2.22. The number of fused-ring (bicyclic) bond motifs is 1. The van der Waals surface area contributed by atoms with Gasteiger partial charge in [0, 0.05) is 25.5 Å². The first-order valence-electron chi connectivity index (χ1n) is 7.99. The molecule has 0 aromatic heterocycles. The highest BCUT2D eigenvalue weighted by Crippen LogP contribution is 2.32. The molecule has 1 atom stereocenters. The molecule has 0 saturated carbocycles. The summed E-state index contributed by atoms with van der Waals surface area (Å²) in [5.74, 6) is -1.27. The Morgan fingerprint density at radius 3 is 2.27 bits per heavy atom. The molecule has 1 N–H and O–H groups in total. The second-order valence-corrected chi connectivity index (χ2v) is 7.99. The zero-order chi connectivity index (χ0) is 19.1. The fourth-order valence-corrected chi connectivity index (χ4v) is 4.51. The largest absolute Gasteiger partial charge is 0.378 e. The van der Waals surface area contributed by atoms with Gasteiger partial charge in [-0.1, -0.05) is 12.1 Å². The van der Waals surface area contributed by atoms with E-state index in [1.165, 1.54) is 19.1 Å². The van der Waals surface area contributed by atoms with E-state index in [-0.39, 0.29) is 10.5 Å². The van der Waals surface area contributed by atoms with Crippen LogP contribution in [0.15, 0.2) is 53.4 Å². The van der Waals surface area contributed by atoms with Crippen molar-refractivity contribution in [1.29, 1.82) is 0 Å². The van der Waals surface area contributed by atoms with Crippen molar-refractivity contribution in [3.63, 3.8) is 0 Å². The Morgan fingerprint density at radius 2 is 1.69 bits per heavy atom. The first kappa shape index (κ1) is 17.9. The monoisotopic (exact) mass is 373 g/mol. The molecule has 2 aromatic rings. The van der Waals surface area contributed by atoms with Gasteiger partial charge in [0.05, 0.1) is 5.56 Å². The van der Waals surface area contributed by atoms with Gasteiger partial charge in [-0.3, -0.25) is 9.59 Å². The molecule has 1 aliphatic heterocycles. The number of amides is 2. The fraction of sp³-hybridized carbons (Fsp3) is 0.222. The Morgan fingerprint density at radius 1 is 1.08 bits per heavy atom. The molecule has 26 heavy (non-hydrogen) atoms. The molecule has 0 fully saturated rings. The summed E-state index contributed by atoms with van der Waals surface area (Å²) in [7, 11) is -0.234. The SMILES string of the molecule is C[C@H](C(=O)Nc1ccc(N(C)C)cc1)N1C(=O)c2ccccc2S1(=O)=O. The molecule has 0 spiro atoms. The number of anilines is 2. The van der Waals surface area contributed by atoms with Gasteiger partial charge >= 0.3 is 0 Å². The minimum atomic E-state index is -4.03. The van der Waals surface area contributed by atoms with Gasteiger partial charge in [0.25, 0.3) is 15.9 Å². The molecule has 3 rings (SSSR count). The average molecular weight is 373 g/mol. The van der Waals surface area contributed by atoms with Crippen molar-refractivity contribution in [3.05, 3.63) is 54.1 Å². The van der Waals surface area contributed by atoms with Crippen LogP contribution in [0.4, 0.5) is 11.4 Å². The van der Waals surface area contributed by atoms with E-state index in [1.54, 1.807) is 24.3 Å². The van der Waals surface area contributed by atoms with Gasteiger partial charge in [0.2, 0.25) is 5.91 Å². The second kappa shape index (κ2) is 6.45. The van der Waals surface area contributed by atoms with Crippen molar-refractivity contribution >= 4 is 33.2 Å². The molecular formula is C18H19N3O4S. The Balaban J connectivity index is 1.82. The number of nitrogens with one attached hydrogen (secondary N) is 1. The zero-order valence-corrected chi connectivity index (χ0v) is 15.4. The van der Waals surface area contributed by atoms with Crippen molar-refractivity contribution in [1.82, 2.24) is 4.31 Å². The van der Waals surface area contributed by atoms with Crippen LogP contribution < -0.4 is 10.2 Å². The summed E-state index contributed by atoms with van der Waals surface area (Å²) in [6, 6.07) is 11.9. The minimum Gasteiger partial charge on any atom is -0.378 e. The number of carbonyl (C=O) groups excluding carboxylic acids is 2. The maximum atomic E-state index is 12.6. The van der Waals surface area contributed by atoms with E-state index in [9.17, 15) is 18.0 Å². The van der Waals surface area contributed by atoms with Crippen molar-refractivity contribution in [2.75, 3.05) is 24.3 Å². The third-order valence-electron chi connectivity index (χ3n) is 4.24. The van der Waals surface area contributed by atoms with Crippen LogP contribution in [-0.2, 0) is 14.8 Å². The van der Waals surface area contributed by atoms with Crippen LogP contribution in [0.2, 0.25) is 0 Å². The third kappa shape index (κ3) is 2.92. The highest BCUT2D eigenvalue weighted by molar-refractivity contribution is 7.90. The Bertz CT molecular complexity index is 968. The fourth-order valence-electron chi connectivity index (χ4n) is 2.78. The zero-order valence-electron chi connectivity index (χ0n) is 14.6. The third-order valence-corrected chi connectivity index (χ3v) is 6.15. The molecule has 7 nitrogen and oxygen atoms in total. The van der Waals surface area contributed by atoms with Gasteiger partial charge in [-0.25, -0.2) is 12.7 Å². The molecule has 8 heteroatoms. The van der Waals surface area contributed by atoms with Crippen LogP contribution in [0.1, 0.15) is 17.3 Å². The standard InChI is InChI=1S/C18H19N3O4S/c1-12(17(22)19-13-8-10-14(11-9-13)20(2)3)21-18(23)15-6-4-5-7-16(15)26(21,24)25/h4-12H,1-3H3,(H,19,22)/t12-/m1/s1.